The van der Waals surface area contributed by atoms with E-state index in [9.17, 15) is 0 Å². The first-order valence-corrected chi connectivity index (χ1v) is 9.16. The molecule has 0 unspecified atom stereocenters. The van der Waals surface area contributed by atoms with E-state index < -0.39 is 0 Å². The molecule has 1 atom stereocenters. The maximum Gasteiger partial charge on any atom is 0.171 e. The van der Waals surface area contributed by atoms with Crippen LogP contribution in [0.15, 0.2) is 66.0 Å². The molecule has 0 bridgehead atoms. The summed E-state index contributed by atoms with van der Waals surface area (Å²) in [4.78, 5) is 1.24. The van der Waals surface area contributed by atoms with Gasteiger partial charge in [0, 0.05) is 10.6 Å². The van der Waals surface area contributed by atoms with Gasteiger partial charge in [-0.25, -0.2) is 0 Å². The van der Waals surface area contributed by atoms with E-state index in [2.05, 4.69) is 78.4 Å². The number of thiophene rings is 1. The number of anilines is 1. The second kappa shape index (κ2) is 7.60. The zero-order chi connectivity index (χ0) is 16.9. The van der Waals surface area contributed by atoms with Crippen LogP contribution in [0, 0.1) is 13.8 Å². The molecule has 2 aromatic carbocycles. The first-order valence-electron chi connectivity index (χ1n) is 7.87. The van der Waals surface area contributed by atoms with Gasteiger partial charge in [0.15, 0.2) is 5.11 Å². The fourth-order valence-corrected chi connectivity index (χ4v) is 3.63. The minimum Gasteiger partial charge on any atom is -0.351 e. The van der Waals surface area contributed by atoms with Gasteiger partial charge < -0.3 is 10.6 Å². The summed E-state index contributed by atoms with van der Waals surface area (Å²) >= 11 is 7.30. The molecule has 122 valence electrons. The molecular formula is C20H20N2S2. The van der Waals surface area contributed by atoms with Crippen molar-refractivity contribution in [3.8, 4) is 0 Å². The Labute approximate surface area is 152 Å². The fourth-order valence-electron chi connectivity index (χ4n) is 2.60. The molecule has 0 spiro atoms. The Hall–Kier alpha value is -2.17. The number of hydrogen-bond donors (Lipinski definition) is 2. The van der Waals surface area contributed by atoms with Gasteiger partial charge in [-0.15, -0.1) is 11.3 Å². The van der Waals surface area contributed by atoms with Crippen molar-refractivity contribution in [3.63, 3.8) is 0 Å². The third kappa shape index (κ3) is 3.83. The Morgan fingerprint density at radius 2 is 1.75 bits per heavy atom. The minimum atomic E-state index is 0.0521. The van der Waals surface area contributed by atoms with Gasteiger partial charge in [-0.3, -0.25) is 0 Å². The normalized spacial score (nSPS) is 11.8. The number of thiocarbonyl (C=S) groups is 1. The molecule has 0 aliphatic rings. The van der Waals surface area contributed by atoms with Crippen LogP contribution in [0.25, 0.3) is 0 Å². The molecule has 0 fully saturated rings. The van der Waals surface area contributed by atoms with Crippen molar-refractivity contribution in [1.82, 2.24) is 5.32 Å². The number of aryl methyl sites for hydroxylation is 1. The summed E-state index contributed by atoms with van der Waals surface area (Å²) in [6.07, 6.45) is 0. The van der Waals surface area contributed by atoms with E-state index in [0.29, 0.717) is 5.11 Å². The van der Waals surface area contributed by atoms with Crippen LogP contribution in [-0.4, -0.2) is 5.11 Å². The van der Waals surface area contributed by atoms with Crippen LogP contribution in [0.5, 0.6) is 0 Å². The molecule has 4 heteroatoms. The predicted molar refractivity (Wildman–Crippen MR) is 108 cm³/mol. The van der Waals surface area contributed by atoms with Gasteiger partial charge in [0.1, 0.15) is 0 Å². The third-order valence-corrected chi connectivity index (χ3v) is 5.25. The van der Waals surface area contributed by atoms with Crippen LogP contribution in [-0.2, 0) is 0 Å². The number of benzene rings is 2. The topological polar surface area (TPSA) is 24.1 Å². The van der Waals surface area contributed by atoms with E-state index in [1.807, 2.05) is 12.1 Å². The first kappa shape index (κ1) is 16.7. The van der Waals surface area contributed by atoms with Crippen LogP contribution in [0.4, 0.5) is 5.69 Å². The number of nitrogens with one attached hydrogen (secondary N) is 2. The van der Waals surface area contributed by atoms with Crippen LogP contribution in [0.1, 0.15) is 27.6 Å². The van der Waals surface area contributed by atoms with E-state index in [-0.39, 0.29) is 6.04 Å². The van der Waals surface area contributed by atoms with Crippen molar-refractivity contribution >= 4 is 34.4 Å². The van der Waals surface area contributed by atoms with Crippen LogP contribution >= 0.6 is 23.6 Å². The summed E-state index contributed by atoms with van der Waals surface area (Å²) in [6.45, 7) is 4.21. The van der Waals surface area contributed by atoms with Crippen molar-refractivity contribution in [3.05, 3.63) is 87.6 Å². The predicted octanol–water partition coefficient (Wildman–Crippen LogP) is 5.44. The van der Waals surface area contributed by atoms with Crippen LogP contribution < -0.4 is 10.6 Å². The molecule has 0 radical (unpaired) electrons. The molecule has 24 heavy (non-hydrogen) atoms. The Morgan fingerprint density at radius 3 is 2.46 bits per heavy atom. The molecule has 2 nitrogen and oxygen atoms in total. The van der Waals surface area contributed by atoms with Crippen molar-refractivity contribution in [1.29, 1.82) is 0 Å². The molecule has 1 heterocycles. The highest BCUT2D eigenvalue weighted by Gasteiger charge is 2.16. The minimum absolute atomic E-state index is 0.0521. The molecule has 0 aliphatic heterocycles. The highest BCUT2D eigenvalue weighted by molar-refractivity contribution is 7.80. The van der Waals surface area contributed by atoms with Gasteiger partial charge in [-0.05, 0) is 60.3 Å². The smallest absolute Gasteiger partial charge is 0.171 e. The summed E-state index contributed by atoms with van der Waals surface area (Å²) in [7, 11) is 0. The zero-order valence-electron chi connectivity index (χ0n) is 13.7. The summed E-state index contributed by atoms with van der Waals surface area (Å²) in [5.41, 5.74) is 4.71. The Morgan fingerprint density at radius 1 is 0.958 bits per heavy atom. The summed E-state index contributed by atoms with van der Waals surface area (Å²) < 4.78 is 0. The fraction of sp³-hybridized carbons (Fsp3) is 0.150. The maximum atomic E-state index is 5.57. The second-order valence-electron chi connectivity index (χ2n) is 5.71. The lowest BCUT2D eigenvalue weighted by Crippen LogP contribution is -2.32. The molecule has 1 aromatic heterocycles. The summed E-state index contributed by atoms with van der Waals surface area (Å²) in [6, 6.07) is 20.8. The lowest BCUT2D eigenvalue weighted by atomic mass is 10.1. The van der Waals surface area contributed by atoms with E-state index in [4.69, 9.17) is 12.2 Å². The van der Waals surface area contributed by atoms with Crippen LogP contribution in [0.3, 0.4) is 0 Å². The SMILES string of the molecule is Cc1cccc(NC(=S)N[C@@H](c2ccccc2)c2cccs2)c1C. The lowest BCUT2D eigenvalue weighted by molar-refractivity contribution is 0.784. The first-order chi connectivity index (χ1) is 11.6. The van der Waals surface area contributed by atoms with E-state index in [1.54, 1.807) is 11.3 Å². The Bertz CT molecular complexity index is 811. The lowest BCUT2D eigenvalue weighted by Gasteiger charge is -2.21. The van der Waals surface area contributed by atoms with Gasteiger partial charge in [-0.2, -0.15) is 0 Å². The highest BCUT2D eigenvalue weighted by atomic mass is 32.1. The Balaban J connectivity index is 1.80. The molecular weight excluding hydrogens is 332 g/mol. The molecule has 2 N–H and O–H groups in total. The van der Waals surface area contributed by atoms with Crippen LogP contribution in [0.2, 0.25) is 0 Å². The molecule has 0 saturated carbocycles. The second-order valence-corrected chi connectivity index (χ2v) is 7.09. The largest absolute Gasteiger partial charge is 0.351 e. The van der Waals surface area contributed by atoms with Gasteiger partial charge in [-0.1, -0.05) is 48.5 Å². The molecule has 0 aliphatic carbocycles. The number of rotatable bonds is 4. The van der Waals surface area contributed by atoms with Gasteiger partial charge in [0.05, 0.1) is 6.04 Å². The zero-order valence-corrected chi connectivity index (χ0v) is 15.4. The summed E-state index contributed by atoms with van der Waals surface area (Å²) in [5, 5.41) is 9.52. The van der Waals surface area contributed by atoms with E-state index >= 15 is 0 Å². The van der Waals surface area contributed by atoms with Crippen molar-refractivity contribution < 1.29 is 0 Å². The average molecular weight is 353 g/mol. The maximum absolute atomic E-state index is 5.57. The summed E-state index contributed by atoms with van der Waals surface area (Å²) in [5.74, 6) is 0. The standard InChI is InChI=1S/C20H20N2S2/c1-14-8-6-11-17(15(14)2)21-20(23)22-19(18-12-7-13-24-18)16-9-4-3-5-10-16/h3-13,19H,1-2H3,(H2,21,22,23)/t19-/m0/s1. The number of hydrogen-bond acceptors (Lipinski definition) is 2. The van der Waals surface area contributed by atoms with E-state index in [1.165, 1.54) is 21.6 Å². The molecule has 3 rings (SSSR count). The quantitative estimate of drug-likeness (QED) is 0.611. The Kier molecular flexibility index (Phi) is 5.28. The monoisotopic (exact) mass is 352 g/mol. The molecule has 3 aromatic rings. The third-order valence-electron chi connectivity index (χ3n) is 4.09. The van der Waals surface area contributed by atoms with Crippen molar-refractivity contribution in [2.24, 2.45) is 0 Å². The van der Waals surface area contributed by atoms with E-state index in [0.717, 1.165) is 5.69 Å². The van der Waals surface area contributed by atoms with Gasteiger partial charge in [0.25, 0.3) is 0 Å². The van der Waals surface area contributed by atoms with Crippen molar-refractivity contribution in [2.45, 2.75) is 19.9 Å². The van der Waals surface area contributed by atoms with Crippen molar-refractivity contribution in [2.75, 3.05) is 5.32 Å². The van der Waals surface area contributed by atoms with Gasteiger partial charge >= 0.3 is 0 Å². The van der Waals surface area contributed by atoms with Gasteiger partial charge in [0.2, 0.25) is 0 Å². The highest BCUT2D eigenvalue weighted by Crippen LogP contribution is 2.26. The molecule has 0 amide bonds. The molecule has 0 saturated heterocycles. The average Bonchev–Trinajstić information content (AvgIpc) is 3.12.